The topological polar surface area (TPSA) is 70.4 Å². The van der Waals surface area contributed by atoms with Crippen molar-refractivity contribution in [3.8, 4) is 0 Å². The fraction of sp³-hybridized carbons (Fsp3) is 0.692. The molecule has 1 heterocycles. The van der Waals surface area contributed by atoms with Gasteiger partial charge in [0.2, 0.25) is 5.91 Å². The van der Waals surface area contributed by atoms with Gasteiger partial charge in [0.25, 0.3) is 0 Å². The number of nitrogens with zero attached hydrogens (tertiary/aromatic N) is 3. The lowest BCUT2D eigenvalue weighted by Crippen LogP contribution is -2.37. The van der Waals surface area contributed by atoms with E-state index >= 15 is 0 Å². The molecular formula is C13H22N4O2. The Morgan fingerprint density at radius 3 is 2.68 bits per heavy atom. The van der Waals surface area contributed by atoms with Crippen molar-refractivity contribution in [3.63, 3.8) is 0 Å². The van der Waals surface area contributed by atoms with Gasteiger partial charge in [-0.25, -0.2) is 0 Å². The minimum absolute atomic E-state index is 0.0421. The second kappa shape index (κ2) is 5.71. The summed E-state index contributed by atoms with van der Waals surface area (Å²) in [6.07, 6.45) is 2.25. The number of anilines is 1. The van der Waals surface area contributed by atoms with Crippen molar-refractivity contribution < 1.29 is 9.90 Å². The predicted octanol–water partition coefficient (Wildman–Crippen LogP) is 0.432. The first-order valence-electron chi connectivity index (χ1n) is 6.68. The van der Waals surface area contributed by atoms with Crippen molar-refractivity contribution in [1.29, 1.82) is 0 Å². The van der Waals surface area contributed by atoms with E-state index in [1.165, 1.54) is 0 Å². The highest BCUT2D eigenvalue weighted by atomic mass is 16.3. The van der Waals surface area contributed by atoms with Gasteiger partial charge >= 0.3 is 0 Å². The number of aromatic nitrogens is 2. The molecule has 2 N–H and O–H groups in total. The van der Waals surface area contributed by atoms with Gasteiger partial charge in [-0.05, 0) is 26.7 Å². The maximum atomic E-state index is 12.1. The van der Waals surface area contributed by atoms with Crippen molar-refractivity contribution in [2.45, 2.75) is 32.7 Å². The van der Waals surface area contributed by atoms with Crippen LogP contribution >= 0.6 is 0 Å². The van der Waals surface area contributed by atoms with Crippen LogP contribution in [0.5, 0.6) is 0 Å². The molecule has 0 unspecified atom stereocenters. The second-order valence-corrected chi connectivity index (χ2v) is 5.14. The molecular weight excluding hydrogens is 244 g/mol. The number of hydrogen-bond acceptors (Lipinski definition) is 4. The van der Waals surface area contributed by atoms with Crippen LogP contribution in [0.2, 0.25) is 0 Å². The zero-order valence-electron chi connectivity index (χ0n) is 11.8. The highest BCUT2D eigenvalue weighted by molar-refractivity contribution is 5.93. The number of carbonyl (C=O) groups excluding carboxylic acids is 1. The van der Waals surface area contributed by atoms with Crippen molar-refractivity contribution in [3.05, 3.63) is 11.4 Å². The van der Waals surface area contributed by atoms with Gasteiger partial charge in [-0.15, -0.1) is 0 Å². The van der Waals surface area contributed by atoms with Crippen LogP contribution in [-0.4, -0.2) is 51.4 Å². The molecule has 1 aliphatic carbocycles. The minimum atomic E-state index is -0.0421. The Morgan fingerprint density at radius 1 is 1.53 bits per heavy atom. The standard InChI is InChI=1S/C13H22N4O2/c1-9-13(10(2)16(3)15-9)14-12(19)8-17(6-7-18)11-4-5-11/h11,18H,4-8H2,1-3H3,(H,14,19). The van der Waals surface area contributed by atoms with Gasteiger partial charge < -0.3 is 10.4 Å². The summed E-state index contributed by atoms with van der Waals surface area (Å²) in [5.41, 5.74) is 2.58. The lowest BCUT2D eigenvalue weighted by atomic mass is 10.3. The first-order valence-corrected chi connectivity index (χ1v) is 6.68. The van der Waals surface area contributed by atoms with Gasteiger partial charge in [0.15, 0.2) is 0 Å². The Bertz CT molecular complexity index is 465. The summed E-state index contributed by atoms with van der Waals surface area (Å²) in [7, 11) is 1.86. The molecule has 0 radical (unpaired) electrons. The normalized spacial score (nSPS) is 15.0. The first-order chi connectivity index (χ1) is 9.02. The lowest BCUT2D eigenvalue weighted by Gasteiger charge is -2.20. The summed E-state index contributed by atoms with van der Waals surface area (Å²) in [5, 5.41) is 16.2. The third-order valence-corrected chi connectivity index (χ3v) is 3.57. The average molecular weight is 266 g/mol. The van der Waals surface area contributed by atoms with Crippen LogP contribution in [-0.2, 0) is 11.8 Å². The van der Waals surface area contributed by atoms with E-state index in [0.29, 0.717) is 19.1 Å². The van der Waals surface area contributed by atoms with Crippen LogP contribution in [0.4, 0.5) is 5.69 Å². The van der Waals surface area contributed by atoms with Crippen molar-refractivity contribution in [1.82, 2.24) is 14.7 Å². The third kappa shape index (κ3) is 3.33. The van der Waals surface area contributed by atoms with E-state index in [2.05, 4.69) is 10.4 Å². The lowest BCUT2D eigenvalue weighted by molar-refractivity contribution is -0.117. The molecule has 6 heteroatoms. The molecule has 0 spiro atoms. The minimum Gasteiger partial charge on any atom is -0.395 e. The van der Waals surface area contributed by atoms with Crippen LogP contribution in [0.3, 0.4) is 0 Å². The van der Waals surface area contributed by atoms with E-state index in [-0.39, 0.29) is 12.5 Å². The highest BCUT2D eigenvalue weighted by Gasteiger charge is 2.30. The summed E-state index contributed by atoms with van der Waals surface area (Å²) in [6, 6.07) is 0.467. The summed E-state index contributed by atoms with van der Waals surface area (Å²) in [5.74, 6) is -0.0421. The van der Waals surface area contributed by atoms with E-state index in [1.807, 2.05) is 25.8 Å². The molecule has 1 aromatic heterocycles. The number of aliphatic hydroxyl groups excluding tert-OH is 1. The maximum absolute atomic E-state index is 12.1. The molecule has 1 aromatic rings. The summed E-state index contributed by atoms with van der Waals surface area (Å²) in [6.45, 7) is 4.80. The molecule has 19 heavy (non-hydrogen) atoms. The Kier molecular flexibility index (Phi) is 4.21. The molecule has 0 aliphatic heterocycles. The largest absolute Gasteiger partial charge is 0.395 e. The highest BCUT2D eigenvalue weighted by Crippen LogP contribution is 2.26. The Morgan fingerprint density at radius 2 is 2.21 bits per heavy atom. The number of amides is 1. The molecule has 106 valence electrons. The van der Waals surface area contributed by atoms with E-state index < -0.39 is 0 Å². The first kappa shape index (κ1) is 14.0. The molecule has 1 fully saturated rings. The predicted molar refractivity (Wildman–Crippen MR) is 73.0 cm³/mol. The Labute approximate surface area is 113 Å². The van der Waals surface area contributed by atoms with E-state index in [4.69, 9.17) is 5.11 Å². The van der Waals surface area contributed by atoms with Crippen LogP contribution in [0, 0.1) is 13.8 Å². The van der Waals surface area contributed by atoms with Gasteiger partial charge in [-0.2, -0.15) is 5.10 Å². The fourth-order valence-electron chi connectivity index (χ4n) is 2.28. The van der Waals surface area contributed by atoms with Crippen molar-refractivity contribution in [2.24, 2.45) is 7.05 Å². The molecule has 1 amide bonds. The van der Waals surface area contributed by atoms with Gasteiger partial charge in [0.1, 0.15) is 0 Å². The van der Waals surface area contributed by atoms with Gasteiger partial charge in [0, 0.05) is 19.6 Å². The molecule has 0 atom stereocenters. The second-order valence-electron chi connectivity index (χ2n) is 5.14. The number of aliphatic hydroxyl groups is 1. The fourth-order valence-corrected chi connectivity index (χ4v) is 2.28. The molecule has 2 rings (SSSR count). The third-order valence-electron chi connectivity index (χ3n) is 3.57. The number of hydrogen-bond donors (Lipinski definition) is 2. The number of aryl methyl sites for hydroxylation is 2. The van der Waals surface area contributed by atoms with Gasteiger partial charge in [-0.1, -0.05) is 0 Å². The quantitative estimate of drug-likeness (QED) is 0.783. The molecule has 0 aromatic carbocycles. The molecule has 1 saturated carbocycles. The number of rotatable bonds is 6. The molecule has 6 nitrogen and oxygen atoms in total. The Hall–Kier alpha value is -1.40. The Balaban J connectivity index is 1.96. The SMILES string of the molecule is Cc1nn(C)c(C)c1NC(=O)CN(CCO)C1CC1. The van der Waals surface area contributed by atoms with Crippen LogP contribution < -0.4 is 5.32 Å². The van der Waals surface area contributed by atoms with Crippen molar-refractivity contribution >= 4 is 11.6 Å². The van der Waals surface area contributed by atoms with E-state index in [9.17, 15) is 4.79 Å². The van der Waals surface area contributed by atoms with Crippen LogP contribution in [0.15, 0.2) is 0 Å². The number of carbonyl (C=O) groups is 1. The summed E-state index contributed by atoms with van der Waals surface area (Å²) < 4.78 is 1.76. The maximum Gasteiger partial charge on any atom is 0.238 e. The zero-order chi connectivity index (χ0) is 14.0. The van der Waals surface area contributed by atoms with E-state index in [1.54, 1.807) is 4.68 Å². The van der Waals surface area contributed by atoms with Gasteiger partial charge in [0.05, 0.1) is 30.2 Å². The van der Waals surface area contributed by atoms with Crippen LogP contribution in [0.1, 0.15) is 24.2 Å². The molecule has 0 saturated heterocycles. The summed E-state index contributed by atoms with van der Waals surface area (Å²) >= 11 is 0. The van der Waals surface area contributed by atoms with E-state index in [0.717, 1.165) is 29.9 Å². The molecule has 0 bridgehead atoms. The smallest absolute Gasteiger partial charge is 0.238 e. The average Bonchev–Trinajstić information content (AvgIpc) is 3.15. The number of nitrogens with one attached hydrogen (secondary N) is 1. The molecule has 1 aliphatic rings. The monoisotopic (exact) mass is 266 g/mol. The summed E-state index contributed by atoms with van der Waals surface area (Å²) in [4.78, 5) is 14.1. The van der Waals surface area contributed by atoms with Crippen molar-refractivity contribution in [2.75, 3.05) is 25.0 Å². The van der Waals surface area contributed by atoms with Gasteiger partial charge in [-0.3, -0.25) is 14.4 Å². The zero-order valence-corrected chi connectivity index (χ0v) is 11.8. The van der Waals surface area contributed by atoms with Crippen LogP contribution in [0.25, 0.3) is 0 Å².